The maximum atomic E-state index is 10.2. The van der Waals surface area contributed by atoms with Gasteiger partial charge in [0.1, 0.15) is 0 Å². The predicted octanol–water partition coefficient (Wildman–Crippen LogP) is 4.01. The third kappa shape index (κ3) is 5.73. The number of benzene rings is 1. The van der Waals surface area contributed by atoms with Crippen molar-refractivity contribution in [3.63, 3.8) is 0 Å². The summed E-state index contributed by atoms with van der Waals surface area (Å²) in [6, 6.07) is 8.28. The molecule has 3 nitrogen and oxygen atoms in total. The molecule has 0 aliphatic heterocycles. The van der Waals surface area contributed by atoms with Crippen molar-refractivity contribution in [1.82, 2.24) is 0 Å². The molecule has 1 aromatic carbocycles. The lowest BCUT2D eigenvalue weighted by atomic mass is 9.91. The molecule has 0 spiro atoms. The zero-order valence-electron chi connectivity index (χ0n) is 15.0. The number of hydrogen-bond donors (Lipinski definition) is 2. The molecule has 1 aliphatic rings. The molecule has 1 saturated carbocycles. The monoisotopic (exact) mass is 332 g/mol. The Bertz CT molecular complexity index is 512. The predicted molar refractivity (Wildman–Crippen MR) is 97.7 cm³/mol. The average molecular weight is 332 g/mol. The summed E-state index contributed by atoms with van der Waals surface area (Å²) in [6.45, 7) is 5.31. The Kier molecular flexibility index (Phi) is 7.97. The van der Waals surface area contributed by atoms with E-state index in [1.165, 1.54) is 18.4 Å². The molecule has 0 aromatic heterocycles. The molecule has 3 heteroatoms. The van der Waals surface area contributed by atoms with Gasteiger partial charge in [-0.2, -0.15) is 0 Å². The second kappa shape index (κ2) is 9.97. The van der Waals surface area contributed by atoms with Crippen LogP contribution < -0.4 is 0 Å². The lowest BCUT2D eigenvalue weighted by Gasteiger charge is -2.22. The molecule has 1 fully saturated rings. The maximum Gasteiger partial charge on any atom is 0.0717 e. The summed E-state index contributed by atoms with van der Waals surface area (Å²) in [5.41, 5.74) is 2.38. The summed E-state index contributed by atoms with van der Waals surface area (Å²) in [7, 11) is 0. The first-order valence-corrected chi connectivity index (χ1v) is 9.26. The van der Waals surface area contributed by atoms with Crippen molar-refractivity contribution in [3.05, 3.63) is 47.5 Å². The third-order valence-electron chi connectivity index (χ3n) is 4.98. The summed E-state index contributed by atoms with van der Waals surface area (Å²) in [5, 5.41) is 20.5. The van der Waals surface area contributed by atoms with E-state index in [0.29, 0.717) is 19.6 Å². The van der Waals surface area contributed by atoms with Crippen LogP contribution in [0.3, 0.4) is 0 Å². The molecular formula is C21H32O3. The average Bonchev–Trinajstić information content (AvgIpc) is 2.81. The van der Waals surface area contributed by atoms with E-state index < -0.39 is 12.2 Å². The molecule has 0 unspecified atom stereocenters. The smallest absolute Gasteiger partial charge is 0.0717 e. The highest BCUT2D eigenvalue weighted by Gasteiger charge is 2.40. The SMILES string of the molecule is CCCC/C=C\C[C@H]1[C@H](COCc2cccc(C)c2)[C@@H](O)C[C@H]1O. The van der Waals surface area contributed by atoms with Crippen LogP contribution in [0.25, 0.3) is 0 Å². The molecule has 2 N–H and O–H groups in total. The molecule has 24 heavy (non-hydrogen) atoms. The van der Waals surface area contributed by atoms with Gasteiger partial charge in [0.15, 0.2) is 0 Å². The Balaban J connectivity index is 1.82. The van der Waals surface area contributed by atoms with E-state index in [0.717, 1.165) is 18.4 Å². The van der Waals surface area contributed by atoms with Crippen LogP contribution in [-0.4, -0.2) is 29.0 Å². The quantitative estimate of drug-likeness (QED) is 0.531. The van der Waals surface area contributed by atoms with Gasteiger partial charge in [-0.05, 0) is 37.7 Å². The minimum Gasteiger partial charge on any atom is -0.393 e. The van der Waals surface area contributed by atoms with Crippen LogP contribution in [0.2, 0.25) is 0 Å². The van der Waals surface area contributed by atoms with Crippen molar-refractivity contribution >= 4 is 0 Å². The molecule has 0 saturated heterocycles. The maximum absolute atomic E-state index is 10.2. The first-order valence-electron chi connectivity index (χ1n) is 9.26. The van der Waals surface area contributed by atoms with Crippen LogP contribution in [0.4, 0.5) is 0 Å². The van der Waals surface area contributed by atoms with Crippen molar-refractivity contribution in [3.8, 4) is 0 Å². The third-order valence-corrected chi connectivity index (χ3v) is 4.98. The summed E-state index contributed by atoms with van der Waals surface area (Å²) in [5.74, 6) is 0.107. The van der Waals surface area contributed by atoms with E-state index in [2.05, 4.69) is 44.2 Å². The Morgan fingerprint density at radius 3 is 2.71 bits per heavy atom. The molecule has 1 aromatic rings. The number of hydrogen-bond acceptors (Lipinski definition) is 3. The number of aliphatic hydroxyl groups is 2. The second-order valence-electron chi connectivity index (χ2n) is 7.05. The van der Waals surface area contributed by atoms with E-state index in [1.54, 1.807) is 0 Å². The van der Waals surface area contributed by atoms with Gasteiger partial charge in [-0.3, -0.25) is 0 Å². The van der Waals surface area contributed by atoms with Crippen molar-refractivity contribution < 1.29 is 14.9 Å². The Morgan fingerprint density at radius 2 is 1.96 bits per heavy atom. The fourth-order valence-corrected chi connectivity index (χ4v) is 3.54. The van der Waals surface area contributed by atoms with Crippen molar-refractivity contribution in [1.29, 1.82) is 0 Å². The molecule has 1 aliphatic carbocycles. The molecule has 4 atom stereocenters. The van der Waals surface area contributed by atoms with E-state index >= 15 is 0 Å². The van der Waals surface area contributed by atoms with Crippen LogP contribution in [0.5, 0.6) is 0 Å². The van der Waals surface area contributed by atoms with Crippen LogP contribution in [0.15, 0.2) is 36.4 Å². The van der Waals surface area contributed by atoms with Gasteiger partial charge in [0.25, 0.3) is 0 Å². The topological polar surface area (TPSA) is 49.7 Å². The van der Waals surface area contributed by atoms with Gasteiger partial charge in [-0.1, -0.05) is 61.7 Å². The minimum absolute atomic E-state index is 0.0145. The van der Waals surface area contributed by atoms with Crippen LogP contribution in [0.1, 0.15) is 50.2 Å². The van der Waals surface area contributed by atoms with Gasteiger partial charge < -0.3 is 14.9 Å². The zero-order chi connectivity index (χ0) is 17.4. The van der Waals surface area contributed by atoms with Gasteiger partial charge in [-0.15, -0.1) is 0 Å². The largest absolute Gasteiger partial charge is 0.393 e. The van der Waals surface area contributed by atoms with E-state index in [4.69, 9.17) is 4.74 Å². The Morgan fingerprint density at radius 1 is 1.17 bits per heavy atom. The number of rotatable bonds is 9. The highest BCUT2D eigenvalue weighted by atomic mass is 16.5. The molecule has 0 bridgehead atoms. The van der Waals surface area contributed by atoms with Gasteiger partial charge in [-0.25, -0.2) is 0 Å². The van der Waals surface area contributed by atoms with Crippen LogP contribution >= 0.6 is 0 Å². The Labute approximate surface area is 146 Å². The Hall–Kier alpha value is -1.16. The summed E-state index contributed by atoms with van der Waals surface area (Å²) >= 11 is 0. The first-order chi connectivity index (χ1) is 11.6. The number of aliphatic hydroxyl groups excluding tert-OH is 2. The van der Waals surface area contributed by atoms with Gasteiger partial charge >= 0.3 is 0 Å². The normalized spacial score (nSPS) is 27.2. The van der Waals surface area contributed by atoms with E-state index in [9.17, 15) is 10.2 Å². The number of aryl methyl sites for hydroxylation is 1. The number of unbranched alkanes of at least 4 members (excludes halogenated alkanes) is 2. The van der Waals surface area contributed by atoms with Gasteiger partial charge in [0.05, 0.1) is 25.4 Å². The lowest BCUT2D eigenvalue weighted by Crippen LogP contribution is -2.26. The summed E-state index contributed by atoms with van der Waals surface area (Å²) < 4.78 is 5.86. The summed E-state index contributed by atoms with van der Waals surface area (Å²) in [4.78, 5) is 0. The van der Waals surface area contributed by atoms with Crippen molar-refractivity contribution in [2.24, 2.45) is 11.8 Å². The van der Waals surface area contributed by atoms with Crippen molar-refractivity contribution in [2.75, 3.05) is 6.61 Å². The molecular weight excluding hydrogens is 300 g/mol. The highest BCUT2D eigenvalue weighted by molar-refractivity contribution is 5.21. The van der Waals surface area contributed by atoms with Crippen molar-refractivity contribution in [2.45, 2.75) is 64.8 Å². The highest BCUT2D eigenvalue weighted by Crippen LogP contribution is 2.35. The fourth-order valence-electron chi connectivity index (χ4n) is 3.54. The molecule has 0 amide bonds. The zero-order valence-corrected chi connectivity index (χ0v) is 15.0. The standard InChI is InChI=1S/C21H32O3/c1-3-4-5-6-7-11-18-19(21(23)13-20(18)22)15-24-14-17-10-8-9-16(2)12-17/h6-10,12,18-23H,3-5,11,13-15H2,1-2H3/b7-6-/t18-,19-,20+,21-/m0/s1. The van der Waals surface area contributed by atoms with Crippen LogP contribution in [-0.2, 0) is 11.3 Å². The number of allylic oxidation sites excluding steroid dienone is 2. The second-order valence-corrected chi connectivity index (χ2v) is 7.05. The van der Waals surface area contributed by atoms with Gasteiger partial charge in [0.2, 0.25) is 0 Å². The molecule has 0 radical (unpaired) electrons. The van der Waals surface area contributed by atoms with Crippen LogP contribution in [0, 0.1) is 18.8 Å². The molecule has 134 valence electrons. The summed E-state index contributed by atoms with van der Waals surface area (Å²) in [6.07, 6.45) is 8.25. The first kappa shape index (κ1) is 19.2. The number of ether oxygens (including phenoxy) is 1. The van der Waals surface area contributed by atoms with E-state index in [-0.39, 0.29) is 11.8 Å². The lowest BCUT2D eigenvalue weighted by molar-refractivity contribution is 0.0175. The molecule has 2 rings (SSSR count). The molecule has 0 heterocycles. The van der Waals surface area contributed by atoms with Gasteiger partial charge in [0, 0.05) is 5.92 Å². The van der Waals surface area contributed by atoms with E-state index in [1.807, 2.05) is 6.07 Å². The minimum atomic E-state index is -0.466. The fraction of sp³-hybridized carbons (Fsp3) is 0.619.